The van der Waals surface area contributed by atoms with Crippen molar-refractivity contribution in [2.45, 2.75) is 25.3 Å². The SMILES string of the molecule is COc1ccc(-c2c(C)nn3c(NCc4cccc(S(C)(=O)=O)c4)cc(C)nc23)cc1F. The van der Waals surface area contributed by atoms with Crippen LogP contribution in [-0.2, 0) is 16.4 Å². The average molecular weight is 455 g/mol. The van der Waals surface area contributed by atoms with Gasteiger partial charge in [-0.1, -0.05) is 18.2 Å². The lowest BCUT2D eigenvalue weighted by Gasteiger charge is -2.11. The predicted octanol–water partition coefficient (Wildman–Crippen LogP) is 4.18. The van der Waals surface area contributed by atoms with E-state index in [-0.39, 0.29) is 10.6 Å². The molecule has 0 unspecified atom stereocenters. The molecule has 0 saturated carbocycles. The van der Waals surface area contributed by atoms with E-state index in [0.717, 1.165) is 16.8 Å². The van der Waals surface area contributed by atoms with Crippen LogP contribution in [0.5, 0.6) is 5.75 Å². The fraction of sp³-hybridized carbons (Fsp3) is 0.217. The molecule has 9 heteroatoms. The van der Waals surface area contributed by atoms with Crippen LogP contribution >= 0.6 is 0 Å². The van der Waals surface area contributed by atoms with Crippen molar-refractivity contribution in [3.63, 3.8) is 0 Å². The predicted molar refractivity (Wildman–Crippen MR) is 121 cm³/mol. The smallest absolute Gasteiger partial charge is 0.175 e. The van der Waals surface area contributed by atoms with Crippen LogP contribution in [0.15, 0.2) is 53.4 Å². The second-order valence-electron chi connectivity index (χ2n) is 7.60. The van der Waals surface area contributed by atoms with Crippen molar-refractivity contribution in [3.05, 3.63) is 71.3 Å². The Morgan fingerprint density at radius 3 is 2.59 bits per heavy atom. The number of nitrogens with one attached hydrogen (secondary N) is 1. The van der Waals surface area contributed by atoms with Gasteiger partial charge in [-0.15, -0.1) is 0 Å². The largest absolute Gasteiger partial charge is 0.494 e. The molecule has 166 valence electrons. The first kappa shape index (κ1) is 21.8. The van der Waals surface area contributed by atoms with Gasteiger partial charge in [0, 0.05) is 30.1 Å². The Morgan fingerprint density at radius 2 is 1.91 bits per heavy atom. The highest BCUT2D eigenvalue weighted by Gasteiger charge is 2.18. The first-order valence-corrected chi connectivity index (χ1v) is 11.8. The minimum Gasteiger partial charge on any atom is -0.494 e. The Kier molecular flexibility index (Phi) is 5.60. The molecule has 0 aliphatic heterocycles. The molecular formula is C23H23FN4O3S. The number of anilines is 1. The van der Waals surface area contributed by atoms with E-state index in [2.05, 4.69) is 15.4 Å². The highest BCUT2D eigenvalue weighted by atomic mass is 32.2. The minimum atomic E-state index is -3.29. The lowest BCUT2D eigenvalue weighted by Crippen LogP contribution is -2.07. The van der Waals surface area contributed by atoms with Gasteiger partial charge in [-0.3, -0.25) is 0 Å². The number of nitrogens with zero attached hydrogens (tertiary/aromatic N) is 3. The van der Waals surface area contributed by atoms with Gasteiger partial charge in [-0.2, -0.15) is 9.61 Å². The van der Waals surface area contributed by atoms with Crippen molar-refractivity contribution in [1.29, 1.82) is 0 Å². The van der Waals surface area contributed by atoms with Gasteiger partial charge >= 0.3 is 0 Å². The highest BCUT2D eigenvalue weighted by Crippen LogP contribution is 2.32. The molecular weight excluding hydrogens is 431 g/mol. The van der Waals surface area contributed by atoms with E-state index in [1.54, 1.807) is 34.8 Å². The van der Waals surface area contributed by atoms with Gasteiger partial charge in [0.1, 0.15) is 5.82 Å². The van der Waals surface area contributed by atoms with Crippen LogP contribution in [0.2, 0.25) is 0 Å². The van der Waals surface area contributed by atoms with Gasteiger partial charge < -0.3 is 10.1 Å². The Morgan fingerprint density at radius 1 is 1.12 bits per heavy atom. The van der Waals surface area contributed by atoms with E-state index in [1.165, 1.54) is 19.4 Å². The van der Waals surface area contributed by atoms with E-state index in [0.29, 0.717) is 29.3 Å². The summed E-state index contributed by atoms with van der Waals surface area (Å²) in [6.07, 6.45) is 1.19. The van der Waals surface area contributed by atoms with E-state index in [9.17, 15) is 12.8 Å². The number of aryl methyl sites for hydroxylation is 2. The summed E-state index contributed by atoms with van der Waals surface area (Å²) in [5.74, 6) is 0.409. The van der Waals surface area contributed by atoms with Gasteiger partial charge in [0.05, 0.1) is 17.7 Å². The summed E-state index contributed by atoms with van der Waals surface area (Å²) in [4.78, 5) is 4.90. The maximum Gasteiger partial charge on any atom is 0.175 e. The fourth-order valence-corrected chi connectivity index (χ4v) is 4.30. The first-order valence-electron chi connectivity index (χ1n) is 9.91. The fourth-order valence-electron chi connectivity index (χ4n) is 3.61. The second kappa shape index (κ2) is 8.23. The number of rotatable bonds is 6. The Balaban J connectivity index is 1.73. The summed E-state index contributed by atoms with van der Waals surface area (Å²) in [6.45, 7) is 4.12. The molecule has 2 heterocycles. The number of halogens is 1. The summed E-state index contributed by atoms with van der Waals surface area (Å²) >= 11 is 0. The maximum absolute atomic E-state index is 14.3. The van der Waals surface area contributed by atoms with Crippen molar-refractivity contribution in [3.8, 4) is 16.9 Å². The van der Waals surface area contributed by atoms with Gasteiger partial charge in [0.25, 0.3) is 0 Å². The monoisotopic (exact) mass is 454 g/mol. The summed E-state index contributed by atoms with van der Waals surface area (Å²) in [5.41, 5.74) is 4.27. The summed E-state index contributed by atoms with van der Waals surface area (Å²) in [5, 5.41) is 7.93. The number of fused-ring (bicyclic) bond motifs is 1. The standard InChI is InChI=1S/C23H23FN4O3S/c1-14-10-21(25-13-16-6-5-7-18(11-16)32(4,29)30)28-23(26-14)22(15(2)27-28)17-8-9-20(31-3)19(24)12-17/h5-12,25H,13H2,1-4H3. The third-order valence-electron chi connectivity index (χ3n) is 5.13. The lowest BCUT2D eigenvalue weighted by molar-refractivity contribution is 0.386. The molecule has 0 bridgehead atoms. The number of hydrogen-bond donors (Lipinski definition) is 1. The van der Waals surface area contributed by atoms with Crippen LogP contribution in [0.3, 0.4) is 0 Å². The Hall–Kier alpha value is -3.46. The molecule has 0 saturated heterocycles. The molecule has 0 radical (unpaired) electrons. The van der Waals surface area contributed by atoms with Crippen LogP contribution in [0, 0.1) is 19.7 Å². The molecule has 0 atom stereocenters. The van der Waals surface area contributed by atoms with Crippen LogP contribution in [0.1, 0.15) is 17.0 Å². The van der Waals surface area contributed by atoms with Crippen molar-refractivity contribution in [1.82, 2.24) is 14.6 Å². The molecule has 1 N–H and O–H groups in total. The van der Waals surface area contributed by atoms with E-state index >= 15 is 0 Å². The third kappa shape index (κ3) is 4.16. The van der Waals surface area contributed by atoms with Crippen LogP contribution < -0.4 is 10.1 Å². The quantitative estimate of drug-likeness (QED) is 0.471. The maximum atomic E-state index is 14.3. The normalized spacial score (nSPS) is 11.7. The molecule has 0 aliphatic carbocycles. The number of methoxy groups -OCH3 is 1. The van der Waals surface area contributed by atoms with E-state index < -0.39 is 15.7 Å². The van der Waals surface area contributed by atoms with Gasteiger partial charge in [0.2, 0.25) is 0 Å². The summed E-state index contributed by atoms with van der Waals surface area (Å²) in [7, 11) is -1.86. The molecule has 2 aromatic heterocycles. The minimum absolute atomic E-state index is 0.172. The molecule has 4 aromatic rings. The van der Waals surface area contributed by atoms with Gasteiger partial charge in [-0.25, -0.2) is 17.8 Å². The Labute approximate surface area is 185 Å². The molecule has 0 aliphatic rings. The highest BCUT2D eigenvalue weighted by molar-refractivity contribution is 7.90. The topological polar surface area (TPSA) is 85.6 Å². The van der Waals surface area contributed by atoms with Crippen molar-refractivity contribution < 1.29 is 17.5 Å². The average Bonchev–Trinajstić information content (AvgIpc) is 3.07. The van der Waals surface area contributed by atoms with E-state index in [1.807, 2.05) is 26.0 Å². The molecule has 2 aromatic carbocycles. The zero-order valence-corrected chi connectivity index (χ0v) is 19.0. The lowest BCUT2D eigenvalue weighted by atomic mass is 10.1. The molecule has 0 amide bonds. The van der Waals surface area contributed by atoms with Crippen LogP contribution in [-0.4, -0.2) is 36.4 Å². The zero-order valence-electron chi connectivity index (χ0n) is 18.2. The summed E-state index contributed by atoms with van der Waals surface area (Å²) in [6, 6.07) is 13.4. The second-order valence-corrected chi connectivity index (χ2v) is 9.62. The Bertz CT molecular complexity index is 1430. The number of ether oxygens (including phenoxy) is 1. The van der Waals surface area contributed by atoms with Crippen molar-refractivity contribution in [2.24, 2.45) is 0 Å². The van der Waals surface area contributed by atoms with Crippen LogP contribution in [0.25, 0.3) is 16.8 Å². The van der Waals surface area contributed by atoms with Crippen molar-refractivity contribution in [2.75, 3.05) is 18.7 Å². The van der Waals surface area contributed by atoms with Crippen molar-refractivity contribution >= 4 is 21.3 Å². The van der Waals surface area contributed by atoms with E-state index in [4.69, 9.17) is 4.74 Å². The zero-order chi connectivity index (χ0) is 23.0. The third-order valence-corrected chi connectivity index (χ3v) is 6.24. The number of aromatic nitrogens is 3. The van der Waals surface area contributed by atoms with Gasteiger partial charge in [0.15, 0.2) is 27.1 Å². The molecule has 32 heavy (non-hydrogen) atoms. The number of sulfone groups is 1. The molecule has 0 spiro atoms. The number of hydrogen-bond acceptors (Lipinski definition) is 6. The number of benzene rings is 2. The molecule has 0 fully saturated rings. The van der Waals surface area contributed by atoms with Gasteiger partial charge in [-0.05, 0) is 49.2 Å². The van der Waals surface area contributed by atoms with Crippen LogP contribution in [0.4, 0.5) is 10.2 Å². The summed E-state index contributed by atoms with van der Waals surface area (Å²) < 4.78 is 44.7. The first-order chi connectivity index (χ1) is 15.2. The molecule has 7 nitrogen and oxygen atoms in total. The molecule has 4 rings (SSSR count).